The minimum Gasteiger partial charge on any atom is -0.481 e. The lowest BCUT2D eigenvalue weighted by molar-refractivity contribution is -0.143. The van der Waals surface area contributed by atoms with Crippen LogP contribution in [0.5, 0.6) is 0 Å². The van der Waals surface area contributed by atoms with Gasteiger partial charge in [0.05, 0.1) is 18.0 Å². The minimum absolute atomic E-state index is 0.0213. The maximum Gasteiger partial charge on any atom is 0.308 e. The van der Waals surface area contributed by atoms with Gasteiger partial charge < -0.3 is 10.4 Å². The van der Waals surface area contributed by atoms with Gasteiger partial charge in [-0.25, -0.2) is 4.98 Å². The Morgan fingerprint density at radius 2 is 2.19 bits per heavy atom. The number of fused-ring (bicyclic) bond motifs is 1. The summed E-state index contributed by atoms with van der Waals surface area (Å²) in [5, 5.41) is 13.7. The lowest BCUT2D eigenvalue weighted by Gasteiger charge is -2.16. The Hall–Kier alpha value is -1.89. The van der Waals surface area contributed by atoms with Crippen LogP contribution < -0.4 is 5.32 Å². The number of aromatic nitrogens is 2. The average Bonchev–Trinajstić information content (AvgIpc) is 2.89. The molecule has 1 amide bonds. The Labute approximate surface area is 126 Å². The molecule has 0 bridgehead atoms. The fourth-order valence-electron chi connectivity index (χ4n) is 2.13. The molecule has 2 N–H and O–H groups in total. The zero-order valence-electron chi connectivity index (χ0n) is 12.3. The fourth-order valence-corrected chi connectivity index (χ4v) is 3.05. The molecule has 0 saturated carbocycles. The first-order chi connectivity index (χ1) is 9.88. The van der Waals surface area contributed by atoms with Crippen LogP contribution in [0, 0.1) is 18.8 Å². The zero-order valence-corrected chi connectivity index (χ0v) is 13.1. The van der Waals surface area contributed by atoms with Crippen LogP contribution in [0.3, 0.4) is 0 Å². The van der Waals surface area contributed by atoms with Crippen LogP contribution in [0.2, 0.25) is 0 Å². The SMILES string of the molecule is Cc1cn2c(CC(=O)NCC(C(=O)O)C(C)C)csc2n1. The first-order valence-corrected chi connectivity index (χ1v) is 7.68. The highest BCUT2D eigenvalue weighted by atomic mass is 32.1. The number of amides is 1. The van der Waals surface area contributed by atoms with Crippen LogP contribution in [0.1, 0.15) is 25.2 Å². The van der Waals surface area contributed by atoms with Crippen LogP contribution >= 0.6 is 11.3 Å². The van der Waals surface area contributed by atoms with E-state index in [0.29, 0.717) is 0 Å². The molecule has 0 aliphatic rings. The molecule has 2 heterocycles. The normalized spacial score (nSPS) is 12.8. The van der Waals surface area contributed by atoms with E-state index in [9.17, 15) is 9.59 Å². The van der Waals surface area contributed by atoms with E-state index in [1.54, 1.807) is 0 Å². The van der Waals surface area contributed by atoms with E-state index in [4.69, 9.17) is 5.11 Å². The molecule has 0 spiro atoms. The van der Waals surface area contributed by atoms with Gasteiger partial charge in [0.2, 0.25) is 5.91 Å². The summed E-state index contributed by atoms with van der Waals surface area (Å²) in [5.74, 6) is -1.64. The maximum absolute atomic E-state index is 12.0. The van der Waals surface area contributed by atoms with Gasteiger partial charge in [-0.3, -0.25) is 14.0 Å². The zero-order chi connectivity index (χ0) is 15.6. The van der Waals surface area contributed by atoms with Crippen molar-refractivity contribution >= 4 is 28.2 Å². The first-order valence-electron chi connectivity index (χ1n) is 6.80. The van der Waals surface area contributed by atoms with Gasteiger partial charge in [-0.15, -0.1) is 11.3 Å². The van der Waals surface area contributed by atoms with Crippen molar-refractivity contribution in [2.24, 2.45) is 11.8 Å². The van der Waals surface area contributed by atoms with Crippen LogP contribution in [-0.2, 0) is 16.0 Å². The third-order valence-corrected chi connectivity index (χ3v) is 4.28. The molecule has 0 radical (unpaired) electrons. The molecular formula is C14H19N3O3S. The molecule has 2 aromatic rings. The molecule has 0 aliphatic heterocycles. The highest BCUT2D eigenvalue weighted by Gasteiger charge is 2.22. The fraction of sp³-hybridized carbons (Fsp3) is 0.500. The molecule has 0 aliphatic carbocycles. The monoisotopic (exact) mass is 309 g/mol. The van der Waals surface area contributed by atoms with E-state index in [1.165, 1.54) is 11.3 Å². The second kappa shape index (κ2) is 6.26. The molecule has 21 heavy (non-hydrogen) atoms. The number of thiazole rings is 1. The van der Waals surface area contributed by atoms with Crippen LogP contribution in [0.4, 0.5) is 0 Å². The lowest BCUT2D eigenvalue weighted by atomic mass is 9.96. The number of carboxylic acid groups (broad SMARTS) is 1. The quantitative estimate of drug-likeness (QED) is 0.851. The minimum atomic E-state index is -0.881. The van der Waals surface area contributed by atoms with Crippen LogP contribution in [0.25, 0.3) is 4.96 Å². The van der Waals surface area contributed by atoms with Crippen molar-refractivity contribution in [3.63, 3.8) is 0 Å². The van der Waals surface area contributed by atoms with Crippen LogP contribution in [0.15, 0.2) is 11.6 Å². The van der Waals surface area contributed by atoms with Gasteiger partial charge in [0.1, 0.15) is 0 Å². The van der Waals surface area contributed by atoms with E-state index in [1.807, 2.05) is 36.7 Å². The number of hydrogen-bond donors (Lipinski definition) is 2. The molecule has 1 atom stereocenters. The molecule has 2 aromatic heterocycles. The van der Waals surface area contributed by atoms with Crippen molar-refractivity contribution < 1.29 is 14.7 Å². The Bertz CT molecular complexity index is 660. The van der Waals surface area contributed by atoms with Gasteiger partial charge in [0.15, 0.2) is 4.96 Å². The predicted octanol–water partition coefficient (Wildman–Crippen LogP) is 1.72. The van der Waals surface area contributed by atoms with Gasteiger partial charge in [-0.1, -0.05) is 13.8 Å². The van der Waals surface area contributed by atoms with E-state index < -0.39 is 11.9 Å². The number of imidazole rings is 1. The highest BCUT2D eigenvalue weighted by Crippen LogP contribution is 2.17. The van der Waals surface area contributed by atoms with E-state index in [-0.39, 0.29) is 24.8 Å². The van der Waals surface area contributed by atoms with Gasteiger partial charge in [0.25, 0.3) is 0 Å². The smallest absolute Gasteiger partial charge is 0.308 e. The Morgan fingerprint density at radius 3 is 2.81 bits per heavy atom. The van der Waals surface area contributed by atoms with E-state index in [2.05, 4.69) is 10.3 Å². The number of carbonyl (C=O) groups excluding carboxylic acids is 1. The van der Waals surface area contributed by atoms with E-state index >= 15 is 0 Å². The van der Waals surface area contributed by atoms with Gasteiger partial charge in [-0.2, -0.15) is 0 Å². The Kier molecular flexibility index (Phi) is 4.62. The van der Waals surface area contributed by atoms with Crippen molar-refractivity contribution in [1.29, 1.82) is 0 Å². The second-order valence-electron chi connectivity index (χ2n) is 5.43. The van der Waals surface area contributed by atoms with Gasteiger partial charge in [0, 0.05) is 23.8 Å². The summed E-state index contributed by atoms with van der Waals surface area (Å²) in [6.45, 7) is 5.73. The highest BCUT2D eigenvalue weighted by molar-refractivity contribution is 7.15. The average molecular weight is 309 g/mol. The molecule has 2 rings (SSSR count). The van der Waals surface area contributed by atoms with Gasteiger partial charge >= 0.3 is 5.97 Å². The summed E-state index contributed by atoms with van der Waals surface area (Å²) in [7, 11) is 0. The van der Waals surface area contributed by atoms with Gasteiger partial charge in [-0.05, 0) is 12.8 Å². The molecule has 0 saturated heterocycles. The summed E-state index contributed by atoms with van der Waals surface area (Å²) in [5.41, 5.74) is 1.78. The number of aryl methyl sites for hydroxylation is 1. The summed E-state index contributed by atoms with van der Waals surface area (Å²) in [6.07, 6.45) is 2.11. The molecule has 1 unspecified atom stereocenters. The summed E-state index contributed by atoms with van der Waals surface area (Å²) in [4.78, 5) is 28.3. The van der Waals surface area contributed by atoms with Crippen molar-refractivity contribution in [2.75, 3.05) is 6.54 Å². The number of rotatable bonds is 6. The number of nitrogens with zero attached hydrogens (tertiary/aromatic N) is 2. The standard InChI is InChI=1S/C14H19N3O3S/c1-8(2)11(13(19)20)5-15-12(18)4-10-7-21-14-16-9(3)6-17(10)14/h6-8,11H,4-5H2,1-3H3,(H,15,18)(H,19,20). The van der Waals surface area contributed by atoms with E-state index in [0.717, 1.165) is 16.3 Å². The molecule has 114 valence electrons. The van der Waals surface area contributed by atoms with Crippen molar-refractivity contribution in [3.8, 4) is 0 Å². The summed E-state index contributed by atoms with van der Waals surface area (Å²) >= 11 is 1.49. The topological polar surface area (TPSA) is 83.7 Å². The summed E-state index contributed by atoms with van der Waals surface area (Å²) < 4.78 is 1.90. The second-order valence-corrected chi connectivity index (χ2v) is 6.27. The lowest BCUT2D eigenvalue weighted by Crippen LogP contribution is -2.36. The number of aliphatic carboxylic acids is 1. The Morgan fingerprint density at radius 1 is 1.48 bits per heavy atom. The molecule has 7 heteroatoms. The Balaban J connectivity index is 1.97. The van der Waals surface area contributed by atoms with Crippen molar-refractivity contribution in [2.45, 2.75) is 27.2 Å². The summed E-state index contributed by atoms with van der Waals surface area (Å²) in [6, 6.07) is 0. The molecular weight excluding hydrogens is 290 g/mol. The predicted molar refractivity (Wildman–Crippen MR) is 80.5 cm³/mol. The third kappa shape index (κ3) is 3.60. The maximum atomic E-state index is 12.0. The van der Waals surface area contributed by atoms with Crippen LogP contribution in [-0.4, -0.2) is 32.9 Å². The molecule has 0 fully saturated rings. The number of carboxylic acids is 1. The third-order valence-electron chi connectivity index (χ3n) is 3.39. The van der Waals surface area contributed by atoms with Crippen molar-refractivity contribution in [1.82, 2.24) is 14.7 Å². The number of carbonyl (C=O) groups is 2. The molecule has 0 aromatic carbocycles. The number of nitrogens with one attached hydrogen (secondary N) is 1. The number of hydrogen-bond acceptors (Lipinski definition) is 4. The first kappa shape index (κ1) is 15.5. The molecule has 6 nitrogen and oxygen atoms in total. The van der Waals surface area contributed by atoms with Crippen molar-refractivity contribution in [3.05, 3.63) is 23.0 Å². The largest absolute Gasteiger partial charge is 0.481 e.